The maximum atomic E-state index is 13.8. The van der Waals surface area contributed by atoms with Crippen molar-refractivity contribution in [2.75, 3.05) is 11.9 Å². The first-order chi connectivity index (χ1) is 9.77. The Morgan fingerprint density at radius 3 is 2.62 bits per heavy atom. The smallest absolute Gasteiger partial charge is 0.251 e. The molecule has 1 saturated carbocycles. The van der Waals surface area contributed by atoms with Crippen LogP contribution in [0.4, 0.5) is 14.5 Å². The largest absolute Gasteiger partial charge is 0.379 e. The zero-order chi connectivity index (χ0) is 15.8. The van der Waals surface area contributed by atoms with Crippen molar-refractivity contribution in [3.05, 3.63) is 29.3 Å². The van der Waals surface area contributed by atoms with E-state index in [1.807, 2.05) is 20.8 Å². The first-order valence-electron chi connectivity index (χ1n) is 6.94. The van der Waals surface area contributed by atoms with Crippen LogP contribution in [-0.4, -0.2) is 24.7 Å². The molecule has 1 aliphatic carbocycles. The number of nitrogens with two attached hydrogens (primary N) is 1. The van der Waals surface area contributed by atoms with Crippen molar-refractivity contribution in [2.45, 2.75) is 39.3 Å². The maximum Gasteiger partial charge on any atom is 0.251 e. The van der Waals surface area contributed by atoms with E-state index in [4.69, 9.17) is 10.5 Å². The Balaban J connectivity index is 2.18. The second-order valence-electron chi connectivity index (χ2n) is 5.87. The van der Waals surface area contributed by atoms with E-state index in [1.165, 1.54) is 0 Å². The first kappa shape index (κ1) is 15.7. The Labute approximate surface area is 122 Å². The number of rotatable bonds is 5. The lowest BCUT2D eigenvalue weighted by molar-refractivity contribution is -0.0976. The van der Waals surface area contributed by atoms with Gasteiger partial charge < -0.3 is 15.8 Å². The molecule has 4 nitrogen and oxygen atoms in total. The molecule has 0 radical (unpaired) electrons. The summed E-state index contributed by atoms with van der Waals surface area (Å²) in [5.74, 6) is -2.62. The molecule has 6 heteroatoms. The normalized spacial score (nSPS) is 23.5. The summed E-state index contributed by atoms with van der Waals surface area (Å²) in [7, 11) is 0. The number of halogens is 2. The predicted octanol–water partition coefficient (Wildman–Crippen LogP) is 2.68. The molecule has 0 aromatic heterocycles. The van der Waals surface area contributed by atoms with Gasteiger partial charge in [-0.2, -0.15) is 0 Å². The molecule has 2 atom stereocenters. The highest BCUT2D eigenvalue weighted by molar-refractivity contribution is 5.94. The van der Waals surface area contributed by atoms with Crippen molar-refractivity contribution in [3.8, 4) is 0 Å². The van der Waals surface area contributed by atoms with Crippen LogP contribution < -0.4 is 11.1 Å². The topological polar surface area (TPSA) is 64.3 Å². The number of anilines is 1. The van der Waals surface area contributed by atoms with E-state index in [0.29, 0.717) is 12.7 Å². The van der Waals surface area contributed by atoms with Crippen LogP contribution in [0.2, 0.25) is 0 Å². The minimum Gasteiger partial charge on any atom is -0.379 e. The molecule has 1 aromatic carbocycles. The average molecular weight is 298 g/mol. The van der Waals surface area contributed by atoms with Crippen molar-refractivity contribution in [1.29, 1.82) is 0 Å². The second-order valence-corrected chi connectivity index (χ2v) is 5.87. The molecule has 0 bridgehead atoms. The summed E-state index contributed by atoms with van der Waals surface area (Å²) in [6.07, 6.45) is 0.822. The monoisotopic (exact) mass is 298 g/mol. The van der Waals surface area contributed by atoms with Gasteiger partial charge in [0, 0.05) is 24.1 Å². The van der Waals surface area contributed by atoms with Gasteiger partial charge in [0.15, 0.2) is 0 Å². The van der Waals surface area contributed by atoms with Gasteiger partial charge in [-0.3, -0.25) is 4.79 Å². The van der Waals surface area contributed by atoms with Crippen LogP contribution in [-0.2, 0) is 4.74 Å². The van der Waals surface area contributed by atoms with Crippen LogP contribution in [0.25, 0.3) is 0 Å². The van der Waals surface area contributed by atoms with Crippen molar-refractivity contribution < 1.29 is 18.3 Å². The molecule has 2 rings (SSSR count). The lowest BCUT2D eigenvalue weighted by Gasteiger charge is -2.52. The number of carbonyl (C=O) groups is 1. The fourth-order valence-corrected chi connectivity index (χ4v) is 2.65. The number of hydrogen-bond acceptors (Lipinski definition) is 3. The molecule has 0 saturated heterocycles. The Morgan fingerprint density at radius 2 is 2.10 bits per heavy atom. The summed E-state index contributed by atoms with van der Waals surface area (Å²) in [5.41, 5.74) is 4.66. The number of ether oxygens (including phenoxy) is 1. The van der Waals surface area contributed by atoms with Gasteiger partial charge in [-0.15, -0.1) is 0 Å². The van der Waals surface area contributed by atoms with Gasteiger partial charge in [0.2, 0.25) is 0 Å². The third-order valence-corrected chi connectivity index (χ3v) is 4.20. The summed E-state index contributed by atoms with van der Waals surface area (Å²) in [5, 5.41) is 3.02. The molecule has 0 spiro atoms. The number of nitrogens with one attached hydrogen (secondary N) is 1. The molecule has 1 amide bonds. The summed E-state index contributed by atoms with van der Waals surface area (Å²) in [6, 6.07) is 1.78. The molecule has 1 fully saturated rings. The molecule has 0 heterocycles. The molecule has 116 valence electrons. The maximum absolute atomic E-state index is 13.8. The van der Waals surface area contributed by atoms with Crippen LogP contribution in [0.1, 0.15) is 37.6 Å². The van der Waals surface area contributed by atoms with Gasteiger partial charge in [-0.1, -0.05) is 13.8 Å². The lowest BCUT2D eigenvalue weighted by atomic mass is 9.64. The standard InChI is InChI=1S/C15H20F2N2O2/c1-4-21-13-7-12(15(13,2)3)19-11-5-8(14(18)20)9(16)6-10(11)17/h5-6,12-13,19H,4,7H2,1-3H3,(H2,18,20). The second kappa shape index (κ2) is 5.60. The third-order valence-electron chi connectivity index (χ3n) is 4.20. The molecule has 2 unspecified atom stereocenters. The quantitative estimate of drug-likeness (QED) is 0.878. The van der Waals surface area contributed by atoms with Gasteiger partial charge in [-0.25, -0.2) is 8.78 Å². The molecular formula is C15H20F2N2O2. The molecule has 3 N–H and O–H groups in total. The highest BCUT2D eigenvalue weighted by Gasteiger charge is 2.49. The van der Waals surface area contributed by atoms with Gasteiger partial charge in [0.05, 0.1) is 17.4 Å². The number of carbonyl (C=O) groups excluding carboxylic acids is 1. The first-order valence-corrected chi connectivity index (χ1v) is 6.94. The van der Waals surface area contributed by atoms with Crippen LogP contribution in [0.3, 0.4) is 0 Å². The minimum absolute atomic E-state index is 0.0188. The summed E-state index contributed by atoms with van der Waals surface area (Å²) in [6.45, 7) is 6.59. The Bertz CT molecular complexity index is 561. The summed E-state index contributed by atoms with van der Waals surface area (Å²) >= 11 is 0. The van der Waals surface area contributed by atoms with Gasteiger partial charge in [0.25, 0.3) is 5.91 Å². The number of primary amides is 1. The van der Waals surface area contributed by atoms with E-state index in [0.717, 1.165) is 12.5 Å². The molecular weight excluding hydrogens is 278 g/mol. The Morgan fingerprint density at radius 1 is 1.43 bits per heavy atom. The minimum atomic E-state index is -0.953. The van der Waals surface area contributed by atoms with Gasteiger partial charge >= 0.3 is 0 Å². The van der Waals surface area contributed by atoms with E-state index in [-0.39, 0.29) is 28.8 Å². The lowest BCUT2D eigenvalue weighted by Crippen LogP contribution is -2.58. The summed E-state index contributed by atoms with van der Waals surface area (Å²) in [4.78, 5) is 11.1. The molecule has 21 heavy (non-hydrogen) atoms. The highest BCUT2D eigenvalue weighted by atomic mass is 19.1. The average Bonchev–Trinajstić information content (AvgIpc) is 2.39. The number of hydrogen-bond donors (Lipinski definition) is 2. The fourth-order valence-electron chi connectivity index (χ4n) is 2.65. The van der Waals surface area contributed by atoms with Crippen LogP contribution in [0, 0.1) is 17.0 Å². The van der Waals surface area contributed by atoms with Crippen molar-refractivity contribution in [2.24, 2.45) is 11.1 Å². The van der Waals surface area contributed by atoms with Gasteiger partial charge in [-0.05, 0) is 19.4 Å². The Kier molecular flexibility index (Phi) is 4.18. The number of benzene rings is 1. The van der Waals surface area contributed by atoms with Gasteiger partial charge in [0.1, 0.15) is 11.6 Å². The van der Waals surface area contributed by atoms with E-state index in [1.54, 1.807) is 0 Å². The molecule has 0 aliphatic heterocycles. The van der Waals surface area contributed by atoms with E-state index >= 15 is 0 Å². The van der Waals surface area contributed by atoms with Crippen LogP contribution in [0.15, 0.2) is 12.1 Å². The Hall–Kier alpha value is -1.69. The SMILES string of the molecule is CCOC1CC(Nc2cc(C(N)=O)c(F)cc2F)C1(C)C. The zero-order valence-electron chi connectivity index (χ0n) is 12.4. The predicted molar refractivity (Wildman–Crippen MR) is 76.1 cm³/mol. The van der Waals surface area contributed by atoms with Crippen molar-refractivity contribution in [3.63, 3.8) is 0 Å². The van der Waals surface area contributed by atoms with Crippen molar-refractivity contribution in [1.82, 2.24) is 0 Å². The van der Waals surface area contributed by atoms with Crippen LogP contribution >= 0.6 is 0 Å². The van der Waals surface area contributed by atoms with E-state index in [9.17, 15) is 13.6 Å². The van der Waals surface area contributed by atoms with E-state index in [2.05, 4.69) is 5.32 Å². The highest BCUT2D eigenvalue weighted by Crippen LogP contribution is 2.44. The summed E-state index contributed by atoms with van der Waals surface area (Å²) < 4.78 is 32.9. The fraction of sp³-hybridized carbons (Fsp3) is 0.533. The number of amides is 1. The van der Waals surface area contributed by atoms with Crippen LogP contribution in [0.5, 0.6) is 0 Å². The molecule has 1 aromatic rings. The zero-order valence-corrected chi connectivity index (χ0v) is 12.4. The van der Waals surface area contributed by atoms with Crippen molar-refractivity contribution >= 4 is 11.6 Å². The van der Waals surface area contributed by atoms with E-state index < -0.39 is 17.5 Å². The molecule has 1 aliphatic rings. The third kappa shape index (κ3) is 2.85.